The summed E-state index contributed by atoms with van der Waals surface area (Å²) in [7, 11) is 0. The normalized spacial score (nSPS) is 14.6. The third-order valence-electron chi connectivity index (χ3n) is 5.74. The molecule has 1 saturated carbocycles. The van der Waals surface area contributed by atoms with Crippen LogP contribution >= 0.6 is 0 Å². The highest BCUT2D eigenvalue weighted by atomic mass is 19.4. The molecule has 0 bridgehead atoms. The molecule has 1 aliphatic rings. The first-order valence-corrected chi connectivity index (χ1v) is 10.6. The van der Waals surface area contributed by atoms with Crippen molar-refractivity contribution in [3.8, 4) is 0 Å². The predicted molar refractivity (Wildman–Crippen MR) is 117 cm³/mol. The van der Waals surface area contributed by atoms with Crippen LogP contribution < -0.4 is 10.6 Å². The topological polar surface area (TPSA) is 49.8 Å². The smallest absolute Gasteiger partial charge is 0.339 e. The SMILES string of the molecule is CCc1ccccc1Nc1nc(Nc2ccc(C3CCCC3)cc2)ncc1C(F)(F)F. The second-order valence-electron chi connectivity index (χ2n) is 7.82. The van der Waals surface area contributed by atoms with Crippen LogP contribution in [-0.4, -0.2) is 9.97 Å². The van der Waals surface area contributed by atoms with Gasteiger partial charge in [0.05, 0.1) is 0 Å². The van der Waals surface area contributed by atoms with Gasteiger partial charge in [0.25, 0.3) is 0 Å². The monoisotopic (exact) mass is 426 g/mol. The minimum Gasteiger partial charge on any atom is -0.339 e. The van der Waals surface area contributed by atoms with Crippen LogP contribution in [0.1, 0.15) is 55.2 Å². The Bertz CT molecular complexity index is 1030. The average Bonchev–Trinajstić information content (AvgIpc) is 3.29. The van der Waals surface area contributed by atoms with Gasteiger partial charge in [0.2, 0.25) is 5.95 Å². The van der Waals surface area contributed by atoms with Crippen molar-refractivity contribution in [3.63, 3.8) is 0 Å². The number of rotatable bonds is 6. The summed E-state index contributed by atoms with van der Waals surface area (Å²) < 4.78 is 40.6. The molecule has 0 saturated heterocycles. The van der Waals surface area contributed by atoms with Crippen LogP contribution in [0.5, 0.6) is 0 Å². The summed E-state index contributed by atoms with van der Waals surface area (Å²) in [4.78, 5) is 8.05. The molecule has 1 aromatic heterocycles. The number of nitrogens with zero attached hydrogens (tertiary/aromatic N) is 2. The van der Waals surface area contributed by atoms with Gasteiger partial charge in [-0.05, 0) is 54.5 Å². The molecule has 3 aromatic rings. The van der Waals surface area contributed by atoms with Crippen molar-refractivity contribution in [2.45, 2.75) is 51.1 Å². The molecule has 0 spiro atoms. The first-order chi connectivity index (χ1) is 14.9. The van der Waals surface area contributed by atoms with E-state index in [1.165, 1.54) is 31.2 Å². The standard InChI is InChI=1S/C24H25F3N4/c1-2-16-7-5-6-10-21(16)30-22-20(24(25,26)27)15-28-23(31-22)29-19-13-11-18(12-14-19)17-8-3-4-9-17/h5-7,10-15,17H,2-4,8-9H2,1H3,(H2,28,29,30,31). The maximum absolute atomic E-state index is 13.5. The van der Waals surface area contributed by atoms with Crippen molar-refractivity contribution in [3.05, 3.63) is 71.4 Å². The number of hydrogen-bond acceptors (Lipinski definition) is 4. The maximum Gasteiger partial charge on any atom is 0.421 e. The van der Waals surface area contributed by atoms with E-state index in [0.717, 1.165) is 17.4 Å². The molecule has 0 unspecified atom stereocenters. The third kappa shape index (κ3) is 4.98. The number of alkyl halides is 3. The van der Waals surface area contributed by atoms with Crippen LogP contribution in [0.25, 0.3) is 0 Å². The average molecular weight is 426 g/mol. The number of para-hydroxylation sites is 1. The minimum atomic E-state index is -4.56. The van der Waals surface area contributed by atoms with Gasteiger partial charge in [-0.25, -0.2) is 4.98 Å². The Kier molecular flexibility index (Phi) is 6.11. The van der Waals surface area contributed by atoms with Crippen molar-refractivity contribution in [1.29, 1.82) is 0 Å². The highest BCUT2D eigenvalue weighted by Gasteiger charge is 2.35. The summed E-state index contributed by atoms with van der Waals surface area (Å²) in [5, 5.41) is 5.89. The van der Waals surface area contributed by atoms with Crippen LogP contribution in [0.4, 0.5) is 36.3 Å². The largest absolute Gasteiger partial charge is 0.421 e. The number of benzene rings is 2. The molecule has 2 N–H and O–H groups in total. The summed E-state index contributed by atoms with van der Waals surface area (Å²) in [5.74, 6) is 0.442. The zero-order valence-corrected chi connectivity index (χ0v) is 17.3. The lowest BCUT2D eigenvalue weighted by Crippen LogP contribution is -2.13. The molecule has 0 radical (unpaired) electrons. The Balaban J connectivity index is 1.59. The number of hydrogen-bond donors (Lipinski definition) is 2. The maximum atomic E-state index is 13.5. The van der Waals surface area contributed by atoms with Gasteiger partial charge in [0.1, 0.15) is 11.4 Å². The molecule has 4 nitrogen and oxygen atoms in total. The minimum absolute atomic E-state index is 0.109. The van der Waals surface area contributed by atoms with Crippen LogP contribution in [0.15, 0.2) is 54.7 Å². The fraction of sp³-hybridized carbons (Fsp3) is 0.333. The quantitative estimate of drug-likeness (QED) is 0.437. The molecule has 162 valence electrons. The highest BCUT2D eigenvalue weighted by Crippen LogP contribution is 2.37. The lowest BCUT2D eigenvalue weighted by atomic mass is 9.98. The van der Waals surface area contributed by atoms with E-state index in [4.69, 9.17) is 0 Å². The molecule has 31 heavy (non-hydrogen) atoms. The summed E-state index contributed by atoms with van der Waals surface area (Å²) in [6.45, 7) is 1.95. The number of nitrogens with one attached hydrogen (secondary N) is 2. The van der Waals surface area contributed by atoms with E-state index in [1.54, 1.807) is 12.1 Å². The molecule has 1 fully saturated rings. The molecule has 7 heteroatoms. The molecular formula is C24H25F3N4. The lowest BCUT2D eigenvalue weighted by molar-refractivity contribution is -0.137. The lowest BCUT2D eigenvalue weighted by Gasteiger charge is -2.16. The fourth-order valence-electron chi connectivity index (χ4n) is 4.05. The van der Waals surface area contributed by atoms with Crippen molar-refractivity contribution in [1.82, 2.24) is 9.97 Å². The third-order valence-corrected chi connectivity index (χ3v) is 5.74. The molecule has 1 aliphatic carbocycles. The Labute approximate surface area is 179 Å². The van der Waals surface area contributed by atoms with Gasteiger partial charge in [0.15, 0.2) is 0 Å². The van der Waals surface area contributed by atoms with Crippen molar-refractivity contribution in [2.75, 3.05) is 10.6 Å². The van der Waals surface area contributed by atoms with Crippen LogP contribution in [0.3, 0.4) is 0 Å². The zero-order chi connectivity index (χ0) is 21.8. The van der Waals surface area contributed by atoms with Crippen molar-refractivity contribution in [2.24, 2.45) is 0 Å². The molecule has 0 aliphatic heterocycles. The predicted octanol–water partition coefficient (Wildman–Crippen LogP) is 7.20. The van der Waals surface area contributed by atoms with Crippen LogP contribution in [0.2, 0.25) is 0 Å². The summed E-state index contributed by atoms with van der Waals surface area (Å²) in [6.07, 6.45) is 1.90. The summed E-state index contributed by atoms with van der Waals surface area (Å²) >= 11 is 0. The van der Waals surface area contributed by atoms with E-state index in [1.807, 2.05) is 31.2 Å². The van der Waals surface area contributed by atoms with Gasteiger partial charge < -0.3 is 10.6 Å². The van der Waals surface area contributed by atoms with E-state index < -0.39 is 11.7 Å². The highest BCUT2D eigenvalue weighted by molar-refractivity contribution is 5.65. The van der Waals surface area contributed by atoms with Crippen LogP contribution in [0, 0.1) is 0 Å². The van der Waals surface area contributed by atoms with Gasteiger partial charge >= 0.3 is 6.18 Å². The molecule has 1 heterocycles. The van der Waals surface area contributed by atoms with E-state index in [9.17, 15) is 13.2 Å². The Morgan fingerprint density at radius 2 is 1.68 bits per heavy atom. The number of anilines is 4. The Morgan fingerprint density at radius 1 is 0.968 bits per heavy atom. The van der Waals surface area contributed by atoms with Gasteiger partial charge in [-0.15, -0.1) is 0 Å². The van der Waals surface area contributed by atoms with Gasteiger partial charge in [-0.1, -0.05) is 50.1 Å². The summed E-state index contributed by atoms with van der Waals surface area (Å²) in [6, 6.07) is 15.2. The van der Waals surface area contributed by atoms with E-state index >= 15 is 0 Å². The van der Waals surface area contributed by atoms with Crippen molar-refractivity contribution >= 4 is 23.1 Å². The first kappa shape index (κ1) is 21.2. The second-order valence-corrected chi connectivity index (χ2v) is 7.82. The first-order valence-electron chi connectivity index (χ1n) is 10.6. The number of halogens is 3. The van der Waals surface area contributed by atoms with E-state index in [-0.39, 0.29) is 11.8 Å². The number of aromatic nitrogens is 2. The Morgan fingerprint density at radius 3 is 2.35 bits per heavy atom. The van der Waals surface area contributed by atoms with E-state index in [2.05, 4.69) is 32.7 Å². The fourth-order valence-corrected chi connectivity index (χ4v) is 4.05. The Hall–Kier alpha value is -3.09. The molecule has 4 rings (SSSR count). The van der Waals surface area contributed by atoms with Crippen LogP contribution in [-0.2, 0) is 12.6 Å². The second kappa shape index (κ2) is 8.96. The molecular weight excluding hydrogens is 401 g/mol. The van der Waals surface area contributed by atoms with Gasteiger partial charge in [-0.3, -0.25) is 0 Å². The van der Waals surface area contributed by atoms with E-state index in [0.29, 0.717) is 18.0 Å². The van der Waals surface area contributed by atoms with Gasteiger partial charge in [-0.2, -0.15) is 18.2 Å². The number of aryl methyl sites for hydroxylation is 1. The zero-order valence-electron chi connectivity index (χ0n) is 17.3. The van der Waals surface area contributed by atoms with Gasteiger partial charge in [0, 0.05) is 17.6 Å². The molecule has 0 amide bonds. The molecule has 2 aromatic carbocycles. The van der Waals surface area contributed by atoms with Crippen molar-refractivity contribution < 1.29 is 13.2 Å². The summed E-state index contributed by atoms with van der Waals surface area (Å²) in [5.41, 5.74) is 2.64. The molecule has 0 atom stereocenters.